The van der Waals surface area contributed by atoms with Gasteiger partial charge < -0.3 is 18.9 Å². The van der Waals surface area contributed by atoms with E-state index in [0.29, 0.717) is 26.4 Å². The first kappa shape index (κ1) is 27.0. The van der Waals surface area contributed by atoms with Crippen molar-refractivity contribution >= 4 is 0 Å². The normalized spacial score (nSPS) is 22.5. The van der Waals surface area contributed by atoms with Crippen LogP contribution in [0, 0.1) is 0 Å². The molecule has 0 heterocycles. The Morgan fingerprint density at radius 1 is 0.487 bits per heavy atom. The molecule has 0 unspecified atom stereocenters. The van der Waals surface area contributed by atoms with E-state index in [-0.39, 0.29) is 12.2 Å². The predicted octanol–water partition coefficient (Wildman–Crippen LogP) is 7.29. The molecule has 4 aromatic carbocycles. The summed E-state index contributed by atoms with van der Waals surface area (Å²) >= 11 is 0. The lowest BCUT2D eigenvalue weighted by Crippen LogP contribution is -2.60. The van der Waals surface area contributed by atoms with E-state index in [1.54, 1.807) is 0 Å². The van der Waals surface area contributed by atoms with Crippen LogP contribution in [0.1, 0.15) is 29.2 Å². The molecule has 0 saturated heterocycles. The lowest BCUT2D eigenvalue weighted by Gasteiger charge is -2.46. The molecule has 0 amide bonds. The molecule has 0 aromatic heterocycles. The molecule has 4 aromatic rings. The van der Waals surface area contributed by atoms with Gasteiger partial charge in [-0.15, -0.1) is 0 Å². The summed E-state index contributed by atoms with van der Waals surface area (Å²) in [6, 6.07) is 40.9. The molecule has 0 fully saturated rings. The highest BCUT2D eigenvalue weighted by atomic mass is 16.6. The van der Waals surface area contributed by atoms with Gasteiger partial charge in [0.15, 0.2) is 0 Å². The van der Waals surface area contributed by atoms with Crippen molar-refractivity contribution in [1.82, 2.24) is 0 Å². The first-order valence-corrected chi connectivity index (χ1v) is 13.5. The van der Waals surface area contributed by atoms with Crippen molar-refractivity contribution in [1.29, 1.82) is 0 Å². The van der Waals surface area contributed by atoms with E-state index in [9.17, 15) is 0 Å². The van der Waals surface area contributed by atoms with Crippen LogP contribution in [0.4, 0.5) is 0 Å². The Kier molecular flexibility index (Phi) is 9.36. The molecule has 5 rings (SSSR count). The van der Waals surface area contributed by atoms with E-state index in [4.69, 9.17) is 18.9 Å². The van der Waals surface area contributed by atoms with Crippen molar-refractivity contribution in [2.45, 2.75) is 57.3 Å². The van der Waals surface area contributed by atoms with Crippen LogP contribution in [-0.4, -0.2) is 23.9 Å². The summed E-state index contributed by atoms with van der Waals surface area (Å²) in [5.41, 5.74) is 3.61. The van der Waals surface area contributed by atoms with Gasteiger partial charge in [0.2, 0.25) is 0 Å². The first-order chi connectivity index (χ1) is 19.2. The van der Waals surface area contributed by atoms with Gasteiger partial charge >= 0.3 is 0 Å². The highest BCUT2D eigenvalue weighted by Crippen LogP contribution is 2.36. The van der Waals surface area contributed by atoms with Crippen LogP contribution in [0.3, 0.4) is 0 Å². The zero-order chi connectivity index (χ0) is 26.8. The summed E-state index contributed by atoms with van der Waals surface area (Å²) < 4.78 is 26.4. The fourth-order valence-electron chi connectivity index (χ4n) is 4.88. The summed E-state index contributed by atoms with van der Waals surface area (Å²) in [5, 5.41) is 0. The number of hydrogen-bond acceptors (Lipinski definition) is 4. The van der Waals surface area contributed by atoms with Crippen molar-refractivity contribution in [2.75, 3.05) is 0 Å². The molecule has 39 heavy (non-hydrogen) atoms. The maximum absolute atomic E-state index is 6.76. The van der Waals surface area contributed by atoms with Crippen LogP contribution >= 0.6 is 0 Å². The minimum absolute atomic E-state index is 0.314. The van der Waals surface area contributed by atoms with Crippen molar-refractivity contribution in [2.24, 2.45) is 0 Å². The van der Waals surface area contributed by atoms with Crippen LogP contribution in [-0.2, 0) is 45.4 Å². The minimum atomic E-state index is -0.810. The van der Waals surface area contributed by atoms with Gasteiger partial charge in [0.1, 0.15) is 23.9 Å². The van der Waals surface area contributed by atoms with Gasteiger partial charge in [0.05, 0.1) is 26.4 Å². The maximum Gasteiger partial charge on any atom is 0.124 e. The van der Waals surface area contributed by atoms with Crippen molar-refractivity contribution in [3.05, 3.63) is 156 Å². The molecule has 0 saturated carbocycles. The lowest BCUT2D eigenvalue weighted by atomic mass is 9.83. The zero-order valence-electron chi connectivity index (χ0n) is 22.4. The second-order valence-corrected chi connectivity index (χ2v) is 10.0. The topological polar surface area (TPSA) is 36.9 Å². The van der Waals surface area contributed by atoms with Crippen LogP contribution < -0.4 is 0 Å². The van der Waals surface area contributed by atoms with Crippen LogP contribution in [0.25, 0.3) is 0 Å². The first-order valence-electron chi connectivity index (χ1n) is 13.5. The molecule has 1 aliphatic carbocycles. The third kappa shape index (κ3) is 7.31. The molecule has 0 radical (unpaired) electrons. The number of hydrogen-bond donors (Lipinski definition) is 0. The van der Waals surface area contributed by atoms with Crippen molar-refractivity contribution in [3.63, 3.8) is 0 Å². The van der Waals surface area contributed by atoms with Gasteiger partial charge in [-0.25, -0.2) is 0 Å². The monoisotopic (exact) mass is 520 g/mol. The quantitative estimate of drug-likeness (QED) is 0.184. The standard InChI is InChI=1S/C35H36O4/c1-35(39-27-31-20-12-5-13-21-31)33(37-25-29-16-8-3-9-17-29)23-22-32(36-24-28-14-6-2-7-15-28)34(35)38-26-30-18-10-4-11-19-30/h2-23,32-34H,24-27H2,1H3/t32-,33-,34+,35+/m0/s1. The Morgan fingerprint density at radius 2 is 0.897 bits per heavy atom. The van der Waals surface area contributed by atoms with E-state index in [1.165, 1.54) is 0 Å². The van der Waals surface area contributed by atoms with Crippen LogP contribution in [0.5, 0.6) is 0 Å². The van der Waals surface area contributed by atoms with E-state index in [2.05, 4.69) is 67.6 Å². The van der Waals surface area contributed by atoms with Crippen molar-refractivity contribution < 1.29 is 18.9 Å². The summed E-state index contributed by atoms with van der Waals surface area (Å²) in [5.74, 6) is 0. The van der Waals surface area contributed by atoms with Gasteiger partial charge in [0.25, 0.3) is 0 Å². The summed E-state index contributed by atoms with van der Waals surface area (Å²) in [7, 11) is 0. The highest BCUT2D eigenvalue weighted by molar-refractivity contribution is 5.21. The molecule has 0 bridgehead atoms. The molecule has 200 valence electrons. The Hall–Kier alpha value is -3.54. The third-order valence-corrected chi connectivity index (χ3v) is 7.13. The van der Waals surface area contributed by atoms with Gasteiger partial charge in [-0.2, -0.15) is 0 Å². The fraction of sp³-hybridized carbons (Fsp3) is 0.257. The van der Waals surface area contributed by atoms with Crippen LogP contribution in [0.2, 0.25) is 0 Å². The van der Waals surface area contributed by atoms with Crippen LogP contribution in [0.15, 0.2) is 133 Å². The van der Waals surface area contributed by atoms with E-state index in [1.807, 2.05) is 72.8 Å². The molecule has 0 spiro atoms. The summed E-state index contributed by atoms with van der Waals surface area (Å²) in [6.45, 7) is 3.92. The molecule has 4 nitrogen and oxygen atoms in total. The smallest absolute Gasteiger partial charge is 0.124 e. The summed E-state index contributed by atoms with van der Waals surface area (Å²) in [6.07, 6.45) is 3.09. The minimum Gasteiger partial charge on any atom is -0.367 e. The molecule has 0 N–H and O–H groups in total. The molecule has 0 aliphatic heterocycles. The molecule has 4 heteroatoms. The maximum atomic E-state index is 6.76. The molecular formula is C35H36O4. The van der Waals surface area contributed by atoms with Gasteiger partial charge in [0, 0.05) is 0 Å². The Balaban J connectivity index is 1.42. The lowest BCUT2D eigenvalue weighted by molar-refractivity contribution is -0.230. The van der Waals surface area contributed by atoms with E-state index < -0.39 is 11.7 Å². The van der Waals surface area contributed by atoms with E-state index in [0.717, 1.165) is 22.3 Å². The third-order valence-electron chi connectivity index (χ3n) is 7.13. The number of rotatable bonds is 12. The van der Waals surface area contributed by atoms with Crippen molar-refractivity contribution in [3.8, 4) is 0 Å². The van der Waals surface area contributed by atoms with Gasteiger partial charge in [-0.05, 0) is 29.2 Å². The second-order valence-electron chi connectivity index (χ2n) is 10.0. The van der Waals surface area contributed by atoms with Gasteiger partial charge in [-0.1, -0.05) is 133 Å². The number of ether oxygens (including phenoxy) is 4. The largest absolute Gasteiger partial charge is 0.367 e. The summed E-state index contributed by atoms with van der Waals surface area (Å²) in [4.78, 5) is 0. The predicted molar refractivity (Wildman–Crippen MR) is 154 cm³/mol. The number of benzene rings is 4. The van der Waals surface area contributed by atoms with Gasteiger partial charge in [-0.3, -0.25) is 0 Å². The Morgan fingerprint density at radius 3 is 1.38 bits per heavy atom. The SMILES string of the molecule is C[C@@]1(OCc2ccccc2)[C@@H](OCc2ccccc2)C=C[C@H](OCc2ccccc2)[C@H]1OCc1ccccc1. The fourth-order valence-corrected chi connectivity index (χ4v) is 4.88. The average molecular weight is 521 g/mol. The zero-order valence-corrected chi connectivity index (χ0v) is 22.4. The second kappa shape index (κ2) is 13.5. The Bertz CT molecular complexity index is 1280. The molecule has 4 atom stereocenters. The average Bonchev–Trinajstić information content (AvgIpc) is 3.00. The Labute approximate surface area is 231 Å². The molecular weight excluding hydrogens is 484 g/mol. The molecule has 1 aliphatic rings. The highest BCUT2D eigenvalue weighted by Gasteiger charge is 2.50. The van der Waals surface area contributed by atoms with E-state index >= 15 is 0 Å².